The maximum Gasteiger partial charge on any atom is 0.244 e. The summed E-state index contributed by atoms with van der Waals surface area (Å²) in [6.07, 6.45) is 6.27. The first-order chi connectivity index (χ1) is 8.16. The molecule has 0 aromatic carbocycles. The monoisotopic (exact) mass is 237 g/mol. The molecule has 17 heavy (non-hydrogen) atoms. The van der Waals surface area contributed by atoms with Gasteiger partial charge >= 0.3 is 0 Å². The van der Waals surface area contributed by atoms with Gasteiger partial charge in [-0.05, 0) is 39.5 Å². The SMILES string of the molecule is CC(C)Oc1ncnc(OC2CCCC2)c1N. The molecule has 0 radical (unpaired) electrons. The number of aromatic nitrogens is 2. The number of hydrogen-bond acceptors (Lipinski definition) is 5. The predicted molar refractivity (Wildman–Crippen MR) is 65.1 cm³/mol. The van der Waals surface area contributed by atoms with Crippen LogP contribution in [0.5, 0.6) is 11.8 Å². The van der Waals surface area contributed by atoms with E-state index in [0.29, 0.717) is 17.4 Å². The van der Waals surface area contributed by atoms with Crippen LogP contribution in [0.4, 0.5) is 5.69 Å². The lowest BCUT2D eigenvalue weighted by Gasteiger charge is -2.16. The van der Waals surface area contributed by atoms with Crippen LogP contribution in [0.1, 0.15) is 39.5 Å². The smallest absolute Gasteiger partial charge is 0.244 e. The molecule has 0 spiro atoms. The van der Waals surface area contributed by atoms with E-state index in [1.807, 2.05) is 13.8 Å². The Balaban J connectivity index is 2.10. The fraction of sp³-hybridized carbons (Fsp3) is 0.667. The molecule has 5 heteroatoms. The van der Waals surface area contributed by atoms with Crippen molar-refractivity contribution in [3.8, 4) is 11.8 Å². The van der Waals surface area contributed by atoms with E-state index in [9.17, 15) is 0 Å². The van der Waals surface area contributed by atoms with Crippen molar-refractivity contribution < 1.29 is 9.47 Å². The van der Waals surface area contributed by atoms with E-state index in [1.165, 1.54) is 19.2 Å². The van der Waals surface area contributed by atoms with Crippen LogP contribution in [0.25, 0.3) is 0 Å². The summed E-state index contributed by atoms with van der Waals surface area (Å²) in [7, 11) is 0. The van der Waals surface area contributed by atoms with E-state index in [0.717, 1.165) is 12.8 Å². The van der Waals surface area contributed by atoms with Crippen LogP contribution in [-0.4, -0.2) is 22.2 Å². The standard InChI is InChI=1S/C12H19N3O2/c1-8(2)16-11-10(13)12(15-7-14-11)17-9-5-3-4-6-9/h7-9H,3-6,13H2,1-2H3. The summed E-state index contributed by atoms with van der Waals surface area (Å²) in [5, 5.41) is 0. The normalized spacial score (nSPS) is 16.4. The van der Waals surface area contributed by atoms with E-state index in [4.69, 9.17) is 15.2 Å². The van der Waals surface area contributed by atoms with Crippen molar-refractivity contribution in [3.05, 3.63) is 6.33 Å². The summed E-state index contributed by atoms with van der Waals surface area (Å²) >= 11 is 0. The highest BCUT2D eigenvalue weighted by atomic mass is 16.5. The van der Waals surface area contributed by atoms with Crippen LogP contribution in [-0.2, 0) is 0 Å². The van der Waals surface area contributed by atoms with Gasteiger partial charge in [-0.3, -0.25) is 0 Å². The highest BCUT2D eigenvalue weighted by molar-refractivity contribution is 5.55. The van der Waals surface area contributed by atoms with Gasteiger partial charge in [-0.1, -0.05) is 0 Å². The zero-order valence-electron chi connectivity index (χ0n) is 10.3. The van der Waals surface area contributed by atoms with Crippen LogP contribution < -0.4 is 15.2 Å². The van der Waals surface area contributed by atoms with Gasteiger partial charge in [0.1, 0.15) is 12.4 Å². The minimum Gasteiger partial charge on any atom is -0.473 e. The molecule has 0 aliphatic heterocycles. The van der Waals surface area contributed by atoms with E-state index in [1.54, 1.807) is 0 Å². The molecule has 1 aromatic heterocycles. The van der Waals surface area contributed by atoms with Crippen molar-refractivity contribution in [1.29, 1.82) is 0 Å². The number of nitrogen functional groups attached to an aromatic ring is 1. The number of anilines is 1. The number of nitrogens with zero attached hydrogens (tertiary/aromatic N) is 2. The Morgan fingerprint density at radius 3 is 2.53 bits per heavy atom. The maximum atomic E-state index is 5.93. The quantitative estimate of drug-likeness (QED) is 0.869. The number of nitrogens with two attached hydrogens (primary N) is 1. The topological polar surface area (TPSA) is 70.3 Å². The Kier molecular flexibility index (Phi) is 3.66. The van der Waals surface area contributed by atoms with Crippen LogP contribution >= 0.6 is 0 Å². The largest absolute Gasteiger partial charge is 0.473 e. The summed E-state index contributed by atoms with van der Waals surface area (Å²) in [5.41, 5.74) is 6.33. The van der Waals surface area contributed by atoms with Crippen molar-refractivity contribution in [2.24, 2.45) is 0 Å². The second-order valence-corrected chi connectivity index (χ2v) is 4.59. The average molecular weight is 237 g/mol. The van der Waals surface area contributed by atoms with Gasteiger partial charge in [-0.2, -0.15) is 9.97 Å². The van der Waals surface area contributed by atoms with Gasteiger partial charge < -0.3 is 15.2 Å². The third kappa shape index (κ3) is 2.99. The van der Waals surface area contributed by atoms with Gasteiger partial charge in [0.25, 0.3) is 0 Å². The molecule has 1 aliphatic carbocycles. The minimum absolute atomic E-state index is 0.0338. The lowest BCUT2D eigenvalue weighted by Crippen LogP contribution is -2.15. The lowest BCUT2D eigenvalue weighted by atomic mass is 10.3. The summed E-state index contributed by atoms with van der Waals surface area (Å²) in [4.78, 5) is 8.09. The third-order valence-electron chi connectivity index (χ3n) is 2.74. The molecule has 1 heterocycles. The first-order valence-corrected chi connectivity index (χ1v) is 6.10. The first-order valence-electron chi connectivity index (χ1n) is 6.10. The Morgan fingerprint density at radius 1 is 1.24 bits per heavy atom. The van der Waals surface area contributed by atoms with Gasteiger partial charge in [0.2, 0.25) is 11.8 Å². The summed E-state index contributed by atoms with van der Waals surface area (Å²) in [6.45, 7) is 3.86. The summed E-state index contributed by atoms with van der Waals surface area (Å²) < 4.78 is 11.3. The molecule has 1 saturated carbocycles. The van der Waals surface area contributed by atoms with Crippen molar-refractivity contribution >= 4 is 5.69 Å². The van der Waals surface area contributed by atoms with Crippen molar-refractivity contribution in [2.45, 2.75) is 51.7 Å². The molecule has 0 unspecified atom stereocenters. The number of ether oxygens (including phenoxy) is 2. The predicted octanol–water partition coefficient (Wildman–Crippen LogP) is 2.17. The second kappa shape index (κ2) is 5.21. The molecule has 0 bridgehead atoms. The van der Waals surface area contributed by atoms with E-state index >= 15 is 0 Å². The van der Waals surface area contributed by atoms with Gasteiger partial charge in [-0.25, -0.2) is 0 Å². The Bertz CT molecular complexity index is 376. The second-order valence-electron chi connectivity index (χ2n) is 4.59. The van der Waals surface area contributed by atoms with Crippen molar-refractivity contribution in [2.75, 3.05) is 5.73 Å². The molecule has 2 N–H and O–H groups in total. The third-order valence-corrected chi connectivity index (χ3v) is 2.74. The zero-order valence-corrected chi connectivity index (χ0v) is 10.3. The first kappa shape index (κ1) is 12.0. The summed E-state index contributed by atoms with van der Waals surface area (Å²) in [5.74, 6) is 0.852. The fourth-order valence-electron chi connectivity index (χ4n) is 1.94. The average Bonchev–Trinajstić information content (AvgIpc) is 2.76. The summed E-state index contributed by atoms with van der Waals surface area (Å²) in [6, 6.07) is 0. The zero-order chi connectivity index (χ0) is 12.3. The maximum absolute atomic E-state index is 5.93. The molecule has 1 aliphatic rings. The molecule has 5 nitrogen and oxygen atoms in total. The van der Waals surface area contributed by atoms with Crippen LogP contribution in [0.15, 0.2) is 6.33 Å². The Morgan fingerprint density at radius 2 is 1.88 bits per heavy atom. The molecule has 94 valence electrons. The van der Waals surface area contributed by atoms with E-state index < -0.39 is 0 Å². The van der Waals surface area contributed by atoms with Crippen LogP contribution in [0.3, 0.4) is 0 Å². The van der Waals surface area contributed by atoms with Gasteiger partial charge in [0.05, 0.1) is 6.10 Å². The van der Waals surface area contributed by atoms with Gasteiger partial charge in [0.15, 0.2) is 5.69 Å². The highest BCUT2D eigenvalue weighted by Gasteiger charge is 2.20. The fourth-order valence-corrected chi connectivity index (χ4v) is 1.94. The Hall–Kier alpha value is -1.52. The van der Waals surface area contributed by atoms with E-state index in [2.05, 4.69) is 9.97 Å². The van der Waals surface area contributed by atoms with Gasteiger partial charge in [0, 0.05) is 0 Å². The molecule has 1 fully saturated rings. The molecule has 1 aromatic rings. The minimum atomic E-state index is 0.0338. The molecule has 0 saturated heterocycles. The van der Waals surface area contributed by atoms with Crippen LogP contribution in [0, 0.1) is 0 Å². The lowest BCUT2D eigenvalue weighted by molar-refractivity contribution is 0.197. The molecule has 0 amide bonds. The van der Waals surface area contributed by atoms with Gasteiger partial charge in [-0.15, -0.1) is 0 Å². The number of rotatable bonds is 4. The van der Waals surface area contributed by atoms with Crippen LogP contribution in [0.2, 0.25) is 0 Å². The highest BCUT2D eigenvalue weighted by Crippen LogP contribution is 2.31. The molecular weight excluding hydrogens is 218 g/mol. The molecule has 2 rings (SSSR count). The molecule has 0 atom stereocenters. The van der Waals surface area contributed by atoms with E-state index in [-0.39, 0.29) is 12.2 Å². The molecular formula is C12H19N3O2. The van der Waals surface area contributed by atoms with Crippen molar-refractivity contribution in [3.63, 3.8) is 0 Å². The number of hydrogen-bond donors (Lipinski definition) is 1. The Labute approximate surface area is 101 Å². The van der Waals surface area contributed by atoms with Crippen molar-refractivity contribution in [1.82, 2.24) is 9.97 Å².